The summed E-state index contributed by atoms with van der Waals surface area (Å²) in [6.45, 7) is 1.70. The van der Waals surface area contributed by atoms with Gasteiger partial charge in [0.25, 0.3) is 5.56 Å². The molecule has 32 heavy (non-hydrogen) atoms. The molecule has 162 valence electrons. The van der Waals surface area contributed by atoms with Gasteiger partial charge in [0.05, 0.1) is 25.1 Å². The van der Waals surface area contributed by atoms with E-state index in [1.54, 1.807) is 24.3 Å². The zero-order chi connectivity index (χ0) is 22.2. The zero-order valence-electron chi connectivity index (χ0n) is 17.6. The van der Waals surface area contributed by atoms with Gasteiger partial charge in [0, 0.05) is 13.0 Å². The molecule has 0 aliphatic rings. The van der Waals surface area contributed by atoms with Crippen LogP contribution in [0, 0.1) is 0 Å². The third-order valence-corrected chi connectivity index (χ3v) is 5.07. The van der Waals surface area contributed by atoms with Crippen LogP contribution in [0.4, 0.5) is 0 Å². The highest BCUT2D eigenvalue weighted by Gasteiger charge is 2.08. The van der Waals surface area contributed by atoms with Crippen molar-refractivity contribution >= 4 is 16.8 Å². The predicted octanol–water partition coefficient (Wildman–Crippen LogP) is 3.21. The van der Waals surface area contributed by atoms with Gasteiger partial charge in [-0.15, -0.1) is 5.10 Å². The minimum atomic E-state index is -0.242. The number of carbonyl (C=O) groups excluding carboxylic acids is 1. The number of nitrogens with zero attached hydrogens (tertiary/aromatic N) is 3. The molecule has 0 saturated heterocycles. The van der Waals surface area contributed by atoms with Crippen LogP contribution >= 0.6 is 0 Å². The Labute approximate surface area is 185 Å². The van der Waals surface area contributed by atoms with Gasteiger partial charge >= 0.3 is 0 Å². The predicted molar refractivity (Wildman–Crippen MR) is 122 cm³/mol. The van der Waals surface area contributed by atoms with Crippen LogP contribution in [0.3, 0.4) is 0 Å². The Morgan fingerprint density at radius 3 is 2.28 bits per heavy atom. The van der Waals surface area contributed by atoms with E-state index in [1.165, 1.54) is 4.68 Å². The second-order valence-corrected chi connectivity index (χ2v) is 7.46. The van der Waals surface area contributed by atoms with E-state index in [4.69, 9.17) is 4.74 Å². The van der Waals surface area contributed by atoms with E-state index >= 15 is 0 Å². The second-order valence-electron chi connectivity index (χ2n) is 7.46. The lowest BCUT2D eigenvalue weighted by Crippen LogP contribution is -2.29. The molecule has 4 aromatic rings. The fourth-order valence-electron chi connectivity index (χ4n) is 3.28. The van der Waals surface area contributed by atoms with E-state index in [0.717, 1.165) is 16.7 Å². The lowest BCUT2D eigenvalue weighted by atomic mass is 10.1. The van der Waals surface area contributed by atoms with Gasteiger partial charge in [0.1, 0.15) is 5.52 Å². The third kappa shape index (κ3) is 5.65. The molecule has 0 aliphatic carbocycles. The van der Waals surface area contributed by atoms with Crippen molar-refractivity contribution in [2.24, 2.45) is 0 Å². The first kappa shape index (κ1) is 21.4. The first-order valence-corrected chi connectivity index (χ1v) is 10.5. The van der Waals surface area contributed by atoms with E-state index in [0.29, 0.717) is 30.7 Å². The van der Waals surface area contributed by atoms with Crippen molar-refractivity contribution in [1.29, 1.82) is 0 Å². The molecule has 4 rings (SSSR count). The molecule has 0 aliphatic heterocycles. The summed E-state index contributed by atoms with van der Waals surface area (Å²) in [4.78, 5) is 24.6. The summed E-state index contributed by atoms with van der Waals surface area (Å²) in [7, 11) is 0. The van der Waals surface area contributed by atoms with E-state index in [-0.39, 0.29) is 24.4 Å². The maximum Gasteiger partial charge on any atom is 0.277 e. The summed E-state index contributed by atoms with van der Waals surface area (Å²) < 4.78 is 6.97. The van der Waals surface area contributed by atoms with Crippen LogP contribution in [0.1, 0.15) is 23.1 Å². The normalized spacial score (nSPS) is 10.9. The number of fused-ring (bicyclic) bond motifs is 1. The van der Waals surface area contributed by atoms with Gasteiger partial charge in [-0.2, -0.15) is 0 Å². The minimum absolute atomic E-state index is 0.151. The van der Waals surface area contributed by atoms with Crippen molar-refractivity contribution in [2.45, 2.75) is 32.7 Å². The van der Waals surface area contributed by atoms with Crippen LogP contribution in [0.15, 0.2) is 83.7 Å². The molecule has 0 spiro atoms. The molecule has 7 heteroatoms. The van der Waals surface area contributed by atoms with Gasteiger partial charge in [-0.25, -0.2) is 4.68 Å². The van der Waals surface area contributed by atoms with Gasteiger partial charge in [0.2, 0.25) is 5.91 Å². The standard InChI is InChI=1S/C25H24N4O3/c30-24(14-15-29-25(31)22-8-4-5-9-23(22)27-28-29)26-16-19-10-12-21(13-11-19)18-32-17-20-6-2-1-3-7-20/h1-13H,14-18H2,(H,26,30). The van der Waals surface area contributed by atoms with Crippen molar-refractivity contribution in [2.75, 3.05) is 0 Å². The minimum Gasteiger partial charge on any atom is -0.372 e. The van der Waals surface area contributed by atoms with Crippen LogP contribution in [-0.2, 0) is 35.8 Å². The Bertz CT molecular complexity index is 1240. The van der Waals surface area contributed by atoms with Crippen molar-refractivity contribution in [1.82, 2.24) is 20.3 Å². The van der Waals surface area contributed by atoms with Gasteiger partial charge in [-0.3, -0.25) is 9.59 Å². The summed E-state index contributed by atoms with van der Waals surface area (Å²) in [6.07, 6.45) is 0.151. The Hall–Kier alpha value is -3.84. The summed E-state index contributed by atoms with van der Waals surface area (Å²) in [5, 5.41) is 11.3. The maximum absolute atomic E-state index is 12.4. The summed E-state index contributed by atoms with van der Waals surface area (Å²) in [5.41, 5.74) is 3.52. The molecule has 0 saturated carbocycles. The van der Waals surface area contributed by atoms with Crippen molar-refractivity contribution < 1.29 is 9.53 Å². The van der Waals surface area contributed by atoms with Crippen LogP contribution in [-0.4, -0.2) is 20.9 Å². The van der Waals surface area contributed by atoms with Gasteiger partial charge in [0.15, 0.2) is 0 Å². The van der Waals surface area contributed by atoms with E-state index < -0.39 is 0 Å². The molecule has 0 unspecified atom stereocenters. The van der Waals surface area contributed by atoms with Crippen LogP contribution in [0.5, 0.6) is 0 Å². The molecule has 7 nitrogen and oxygen atoms in total. The molecule has 3 aromatic carbocycles. The van der Waals surface area contributed by atoms with E-state index in [1.807, 2.05) is 54.6 Å². The Morgan fingerprint density at radius 1 is 0.844 bits per heavy atom. The fraction of sp³-hybridized carbons (Fsp3) is 0.200. The summed E-state index contributed by atoms with van der Waals surface area (Å²) in [6, 6.07) is 25.0. The van der Waals surface area contributed by atoms with Gasteiger partial charge in [-0.05, 0) is 28.8 Å². The number of amides is 1. The number of aryl methyl sites for hydroxylation is 1. The molecule has 1 aromatic heterocycles. The first-order valence-electron chi connectivity index (χ1n) is 10.5. The molecule has 0 atom stereocenters. The molecule has 0 radical (unpaired) electrons. The Balaban J connectivity index is 1.22. The maximum atomic E-state index is 12.4. The molecule has 0 fully saturated rings. The number of hydrogen-bond donors (Lipinski definition) is 1. The zero-order valence-corrected chi connectivity index (χ0v) is 17.6. The Kier molecular flexibility index (Phi) is 6.99. The molecule has 1 N–H and O–H groups in total. The SMILES string of the molecule is O=C(CCn1nnc2ccccc2c1=O)NCc1ccc(COCc2ccccc2)cc1. The van der Waals surface area contributed by atoms with Crippen LogP contribution in [0.2, 0.25) is 0 Å². The average molecular weight is 428 g/mol. The summed E-state index contributed by atoms with van der Waals surface area (Å²) in [5.74, 6) is -0.151. The Morgan fingerprint density at radius 2 is 1.50 bits per heavy atom. The highest BCUT2D eigenvalue weighted by Crippen LogP contribution is 2.08. The smallest absolute Gasteiger partial charge is 0.277 e. The van der Waals surface area contributed by atoms with E-state index in [2.05, 4.69) is 15.6 Å². The van der Waals surface area contributed by atoms with E-state index in [9.17, 15) is 9.59 Å². The number of hydrogen-bond acceptors (Lipinski definition) is 5. The quantitative estimate of drug-likeness (QED) is 0.442. The monoisotopic (exact) mass is 428 g/mol. The number of carbonyl (C=O) groups is 1. The lowest BCUT2D eigenvalue weighted by Gasteiger charge is -2.08. The summed E-state index contributed by atoms with van der Waals surface area (Å²) >= 11 is 0. The average Bonchev–Trinajstić information content (AvgIpc) is 2.84. The molecule has 1 heterocycles. The first-order chi connectivity index (χ1) is 15.7. The number of benzene rings is 3. The van der Waals surface area contributed by atoms with Crippen LogP contribution in [0.25, 0.3) is 10.9 Å². The van der Waals surface area contributed by atoms with Crippen molar-refractivity contribution in [3.63, 3.8) is 0 Å². The number of nitrogens with one attached hydrogen (secondary N) is 1. The number of ether oxygens (including phenoxy) is 1. The third-order valence-electron chi connectivity index (χ3n) is 5.07. The highest BCUT2D eigenvalue weighted by molar-refractivity contribution is 5.77. The van der Waals surface area contributed by atoms with Gasteiger partial charge in [-0.1, -0.05) is 71.9 Å². The fourth-order valence-corrected chi connectivity index (χ4v) is 3.28. The molecule has 0 bridgehead atoms. The number of rotatable bonds is 9. The van der Waals surface area contributed by atoms with Crippen molar-refractivity contribution in [3.8, 4) is 0 Å². The molecule has 1 amide bonds. The van der Waals surface area contributed by atoms with Crippen molar-refractivity contribution in [3.05, 3.63) is 106 Å². The van der Waals surface area contributed by atoms with Gasteiger partial charge < -0.3 is 10.1 Å². The molecular weight excluding hydrogens is 404 g/mol. The second kappa shape index (κ2) is 10.5. The molecular formula is C25H24N4O3. The highest BCUT2D eigenvalue weighted by atomic mass is 16.5. The topological polar surface area (TPSA) is 86.1 Å². The number of aromatic nitrogens is 3. The largest absolute Gasteiger partial charge is 0.372 e. The lowest BCUT2D eigenvalue weighted by molar-refractivity contribution is -0.121. The van der Waals surface area contributed by atoms with Crippen LogP contribution < -0.4 is 10.9 Å².